The predicted octanol–water partition coefficient (Wildman–Crippen LogP) is 3.86. The number of aliphatic hydroxyl groups is 1. The number of hydrogen-bond acceptors (Lipinski definition) is 6. The van der Waals surface area contributed by atoms with E-state index in [2.05, 4.69) is 0 Å². The number of amides is 1. The summed E-state index contributed by atoms with van der Waals surface area (Å²) >= 11 is 0. The van der Waals surface area contributed by atoms with Gasteiger partial charge in [0.15, 0.2) is 0 Å². The highest BCUT2D eigenvalue weighted by Crippen LogP contribution is 2.43. The third-order valence-corrected chi connectivity index (χ3v) is 5.37. The molecule has 1 N–H and O–H groups in total. The Morgan fingerprint density at radius 1 is 1.06 bits per heavy atom. The first kappa shape index (κ1) is 23.3. The molecule has 1 saturated heterocycles. The number of methoxy groups -OCH3 is 2. The molecule has 32 heavy (non-hydrogen) atoms. The number of benzene rings is 2. The molecule has 0 aromatic heterocycles. The molecule has 1 fully saturated rings. The van der Waals surface area contributed by atoms with Gasteiger partial charge in [-0.1, -0.05) is 29.8 Å². The summed E-state index contributed by atoms with van der Waals surface area (Å²) in [5.74, 6) is -0.822. The smallest absolute Gasteiger partial charge is 0.295 e. The van der Waals surface area contributed by atoms with Crippen LogP contribution in [0, 0.1) is 6.92 Å². The maximum Gasteiger partial charge on any atom is 0.295 e. The summed E-state index contributed by atoms with van der Waals surface area (Å²) in [4.78, 5) is 27.6. The van der Waals surface area contributed by atoms with Crippen LogP contribution >= 0.6 is 0 Å². The minimum Gasteiger partial charge on any atom is -0.507 e. The fraction of sp³-hybridized carbons (Fsp3) is 0.360. The van der Waals surface area contributed by atoms with Gasteiger partial charge in [-0.25, -0.2) is 0 Å². The fourth-order valence-electron chi connectivity index (χ4n) is 3.87. The van der Waals surface area contributed by atoms with Crippen molar-refractivity contribution in [3.63, 3.8) is 0 Å². The van der Waals surface area contributed by atoms with Gasteiger partial charge in [0.1, 0.15) is 17.3 Å². The summed E-state index contributed by atoms with van der Waals surface area (Å²) in [6.07, 6.45) is -0.0203. The Balaban J connectivity index is 2.20. The van der Waals surface area contributed by atoms with Crippen LogP contribution in [0.15, 0.2) is 48.0 Å². The molecule has 1 amide bonds. The van der Waals surface area contributed by atoms with Crippen molar-refractivity contribution >= 4 is 17.4 Å². The molecular weight excluding hydrogens is 410 g/mol. The molecule has 0 saturated carbocycles. The lowest BCUT2D eigenvalue weighted by molar-refractivity contribution is -0.140. The second-order valence-electron chi connectivity index (χ2n) is 7.86. The van der Waals surface area contributed by atoms with Gasteiger partial charge in [0.2, 0.25) is 0 Å². The minimum absolute atomic E-state index is 0.00653. The monoisotopic (exact) mass is 439 g/mol. The quantitative estimate of drug-likeness (QED) is 0.382. The number of aliphatic hydroxyl groups excluding tert-OH is 1. The zero-order chi connectivity index (χ0) is 23.4. The average Bonchev–Trinajstić information content (AvgIpc) is 3.03. The summed E-state index contributed by atoms with van der Waals surface area (Å²) in [7, 11) is 3.01. The van der Waals surface area contributed by atoms with Gasteiger partial charge < -0.3 is 24.2 Å². The lowest BCUT2D eigenvalue weighted by Crippen LogP contribution is -2.33. The molecule has 1 heterocycles. The first-order valence-corrected chi connectivity index (χ1v) is 10.5. The highest BCUT2D eigenvalue weighted by molar-refractivity contribution is 6.46. The van der Waals surface area contributed by atoms with Crippen LogP contribution in [-0.2, 0) is 14.3 Å². The largest absolute Gasteiger partial charge is 0.507 e. The van der Waals surface area contributed by atoms with Crippen molar-refractivity contribution in [2.45, 2.75) is 32.9 Å². The number of para-hydroxylation sites is 1. The molecule has 2 aromatic rings. The summed E-state index contributed by atoms with van der Waals surface area (Å²) in [5, 5.41) is 11.3. The Morgan fingerprint density at radius 3 is 2.41 bits per heavy atom. The van der Waals surface area contributed by atoms with Gasteiger partial charge in [0, 0.05) is 12.1 Å². The van der Waals surface area contributed by atoms with Crippen molar-refractivity contribution in [3.05, 3.63) is 64.7 Å². The SMILES string of the molecule is COc1ccc(C)cc1/C(O)=C1\C(=O)C(=O)N(CCOC(C)C)C1c1ccccc1OC. The second kappa shape index (κ2) is 9.87. The van der Waals surface area contributed by atoms with Crippen LogP contribution in [0.25, 0.3) is 5.76 Å². The Bertz CT molecular complexity index is 1040. The van der Waals surface area contributed by atoms with Crippen molar-refractivity contribution in [2.75, 3.05) is 27.4 Å². The van der Waals surface area contributed by atoms with Gasteiger partial charge in [0.25, 0.3) is 11.7 Å². The Hall–Kier alpha value is -3.32. The summed E-state index contributed by atoms with van der Waals surface area (Å²) in [6, 6.07) is 11.6. The van der Waals surface area contributed by atoms with Gasteiger partial charge in [-0.05, 0) is 39.0 Å². The van der Waals surface area contributed by atoms with Gasteiger partial charge >= 0.3 is 0 Å². The lowest BCUT2D eigenvalue weighted by atomic mass is 9.94. The number of likely N-dealkylation sites (tertiary alicyclic amines) is 1. The van der Waals surface area contributed by atoms with Crippen molar-refractivity contribution in [3.8, 4) is 11.5 Å². The molecule has 170 valence electrons. The number of nitrogens with zero attached hydrogens (tertiary/aromatic N) is 1. The number of hydrogen-bond donors (Lipinski definition) is 1. The molecule has 0 radical (unpaired) electrons. The molecule has 1 unspecified atom stereocenters. The van der Waals surface area contributed by atoms with E-state index in [1.165, 1.54) is 19.1 Å². The number of ether oxygens (including phenoxy) is 3. The topological polar surface area (TPSA) is 85.3 Å². The third-order valence-electron chi connectivity index (χ3n) is 5.37. The van der Waals surface area contributed by atoms with Gasteiger partial charge in [-0.2, -0.15) is 0 Å². The molecule has 1 aliphatic rings. The van der Waals surface area contributed by atoms with Gasteiger partial charge in [-0.3, -0.25) is 9.59 Å². The van der Waals surface area contributed by atoms with E-state index in [0.29, 0.717) is 22.6 Å². The van der Waals surface area contributed by atoms with Crippen LogP contribution in [0.1, 0.15) is 36.6 Å². The molecule has 0 spiro atoms. The summed E-state index contributed by atoms with van der Waals surface area (Å²) in [6.45, 7) is 6.11. The van der Waals surface area contributed by atoms with Crippen LogP contribution in [0.5, 0.6) is 11.5 Å². The van der Waals surface area contributed by atoms with E-state index < -0.39 is 17.7 Å². The molecule has 2 aromatic carbocycles. The van der Waals surface area contributed by atoms with E-state index in [1.54, 1.807) is 36.4 Å². The van der Waals surface area contributed by atoms with Crippen LogP contribution in [0.2, 0.25) is 0 Å². The van der Waals surface area contributed by atoms with E-state index in [-0.39, 0.29) is 30.6 Å². The van der Waals surface area contributed by atoms with Crippen molar-refractivity contribution < 1.29 is 28.9 Å². The number of aryl methyl sites for hydroxylation is 1. The zero-order valence-electron chi connectivity index (χ0n) is 19.0. The molecule has 0 bridgehead atoms. The molecular formula is C25H29NO6. The number of carbonyl (C=O) groups excluding carboxylic acids is 2. The average molecular weight is 440 g/mol. The van der Waals surface area contributed by atoms with Gasteiger partial charge in [0.05, 0.1) is 44.1 Å². The lowest BCUT2D eigenvalue weighted by Gasteiger charge is -2.27. The zero-order valence-corrected chi connectivity index (χ0v) is 19.0. The van der Waals surface area contributed by atoms with Crippen LogP contribution in [0.3, 0.4) is 0 Å². The second-order valence-corrected chi connectivity index (χ2v) is 7.86. The summed E-state index contributed by atoms with van der Waals surface area (Å²) < 4.78 is 16.5. The van der Waals surface area contributed by atoms with E-state index in [9.17, 15) is 14.7 Å². The maximum absolute atomic E-state index is 13.2. The predicted molar refractivity (Wildman–Crippen MR) is 121 cm³/mol. The standard InChI is InChI=1S/C25H29NO6/c1-15(2)32-13-12-26-22(17-8-6-7-9-19(17)30-4)21(24(28)25(26)29)23(27)18-14-16(3)10-11-20(18)31-5/h6-11,14-15,22,27H,12-13H2,1-5H3/b23-21+. The molecule has 3 rings (SSSR count). The van der Waals surface area contributed by atoms with Crippen LogP contribution in [-0.4, -0.2) is 55.2 Å². The number of rotatable bonds is 8. The number of ketones is 1. The van der Waals surface area contributed by atoms with E-state index in [1.807, 2.05) is 26.8 Å². The highest BCUT2D eigenvalue weighted by Gasteiger charge is 2.47. The third kappa shape index (κ3) is 4.48. The van der Waals surface area contributed by atoms with Crippen molar-refractivity contribution in [1.82, 2.24) is 4.90 Å². The number of Topliss-reactive ketones (excluding diaryl/α,β-unsaturated/α-hetero) is 1. The molecule has 0 aliphatic carbocycles. The van der Waals surface area contributed by atoms with E-state index >= 15 is 0 Å². The van der Waals surface area contributed by atoms with Crippen LogP contribution in [0.4, 0.5) is 0 Å². The van der Waals surface area contributed by atoms with E-state index in [0.717, 1.165) is 5.56 Å². The normalized spacial score (nSPS) is 17.8. The highest BCUT2D eigenvalue weighted by atomic mass is 16.5. The summed E-state index contributed by atoms with van der Waals surface area (Å²) in [5.41, 5.74) is 1.82. The number of carbonyl (C=O) groups is 2. The van der Waals surface area contributed by atoms with Crippen molar-refractivity contribution in [1.29, 1.82) is 0 Å². The first-order chi connectivity index (χ1) is 15.3. The maximum atomic E-state index is 13.2. The Kier molecular flexibility index (Phi) is 7.20. The Morgan fingerprint density at radius 2 is 1.75 bits per heavy atom. The minimum atomic E-state index is -0.827. The van der Waals surface area contributed by atoms with Crippen molar-refractivity contribution in [2.24, 2.45) is 0 Å². The molecule has 7 heteroatoms. The molecule has 1 atom stereocenters. The molecule has 1 aliphatic heterocycles. The fourth-order valence-corrected chi connectivity index (χ4v) is 3.87. The van der Waals surface area contributed by atoms with E-state index in [4.69, 9.17) is 14.2 Å². The van der Waals surface area contributed by atoms with Crippen LogP contribution < -0.4 is 9.47 Å². The van der Waals surface area contributed by atoms with Gasteiger partial charge in [-0.15, -0.1) is 0 Å². The Labute approximate surface area is 188 Å². The molecule has 7 nitrogen and oxygen atoms in total. The first-order valence-electron chi connectivity index (χ1n) is 10.5.